The van der Waals surface area contributed by atoms with Crippen LogP contribution in [-0.2, 0) is 9.47 Å². The maximum absolute atomic E-state index is 9.68. The first-order valence-electron chi connectivity index (χ1n) is 5.25. The van der Waals surface area contributed by atoms with Crippen LogP contribution in [0, 0.1) is 0 Å². The first kappa shape index (κ1) is 12.6. The van der Waals surface area contributed by atoms with Crippen LogP contribution in [0.1, 0.15) is 25.7 Å². The van der Waals surface area contributed by atoms with Crippen LogP contribution in [-0.4, -0.2) is 42.9 Å². The average molecular weight is 216 g/mol. The van der Waals surface area contributed by atoms with Gasteiger partial charge in [0.05, 0.1) is 6.10 Å². The summed E-state index contributed by atoms with van der Waals surface area (Å²) >= 11 is 0. The van der Waals surface area contributed by atoms with Gasteiger partial charge in [-0.3, -0.25) is 0 Å². The smallest absolute Gasteiger partial charge is 0.171 e. The van der Waals surface area contributed by atoms with E-state index in [9.17, 15) is 5.11 Å². The Bertz CT molecular complexity index is 221. The summed E-state index contributed by atoms with van der Waals surface area (Å²) in [6, 6.07) is 0. The standard InChI is InChI=1S/C11H20O4/c1-14-11(15-2)6-3-9(4-7-11)10(13)5-8-12/h3,10,12-13H,4-8H2,1-2H3. The molecule has 4 nitrogen and oxygen atoms in total. The average Bonchev–Trinajstić information content (AvgIpc) is 2.29. The van der Waals surface area contributed by atoms with Crippen molar-refractivity contribution in [3.05, 3.63) is 11.6 Å². The second-order valence-electron chi connectivity index (χ2n) is 3.83. The highest BCUT2D eigenvalue weighted by Crippen LogP contribution is 2.32. The van der Waals surface area contributed by atoms with Gasteiger partial charge in [-0.15, -0.1) is 0 Å². The lowest BCUT2D eigenvalue weighted by Crippen LogP contribution is -2.36. The first-order chi connectivity index (χ1) is 7.17. The Kier molecular flexibility index (Phi) is 4.73. The highest BCUT2D eigenvalue weighted by atomic mass is 16.7. The van der Waals surface area contributed by atoms with E-state index in [2.05, 4.69) is 0 Å². The van der Waals surface area contributed by atoms with Gasteiger partial charge < -0.3 is 19.7 Å². The molecule has 1 aliphatic carbocycles. The van der Waals surface area contributed by atoms with Crippen LogP contribution in [0.3, 0.4) is 0 Å². The summed E-state index contributed by atoms with van der Waals surface area (Å²) in [7, 11) is 3.26. The van der Waals surface area contributed by atoms with Crippen molar-refractivity contribution in [2.75, 3.05) is 20.8 Å². The number of aliphatic hydroxyl groups is 2. The molecule has 0 aromatic rings. The van der Waals surface area contributed by atoms with Crippen molar-refractivity contribution in [2.24, 2.45) is 0 Å². The van der Waals surface area contributed by atoms with E-state index in [0.717, 1.165) is 18.4 Å². The molecule has 1 aliphatic rings. The highest BCUT2D eigenvalue weighted by molar-refractivity contribution is 5.13. The van der Waals surface area contributed by atoms with Crippen molar-refractivity contribution < 1.29 is 19.7 Å². The fourth-order valence-corrected chi connectivity index (χ4v) is 1.89. The van der Waals surface area contributed by atoms with Crippen LogP contribution in [0.2, 0.25) is 0 Å². The fourth-order valence-electron chi connectivity index (χ4n) is 1.89. The summed E-state index contributed by atoms with van der Waals surface area (Å²) in [5, 5.41) is 18.4. The minimum absolute atomic E-state index is 0.0121. The number of ether oxygens (including phenoxy) is 2. The van der Waals surface area contributed by atoms with Gasteiger partial charge in [0.2, 0.25) is 0 Å². The number of hydrogen-bond acceptors (Lipinski definition) is 4. The lowest BCUT2D eigenvalue weighted by Gasteiger charge is -2.34. The molecule has 2 N–H and O–H groups in total. The van der Waals surface area contributed by atoms with Gasteiger partial charge in [-0.25, -0.2) is 0 Å². The largest absolute Gasteiger partial charge is 0.396 e. The van der Waals surface area contributed by atoms with Gasteiger partial charge in [-0.1, -0.05) is 6.08 Å². The van der Waals surface area contributed by atoms with E-state index < -0.39 is 11.9 Å². The Balaban J connectivity index is 2.57. The van der Waals surface area contributed by atoms with Crippen molar-refractivity contribution in [3.8, 4) is 0 Å². The van der Waals surface area contributed by atoms with Crippen molar-refractivity contribution >= 4 is 0 Å². The van der Waals surface area contributed by atoms with Crippen molar-refractivity contribution in [1.82, 2.24) is 0 Å². The van der Waals surface area contributed by atoms with E-state index in [-0.39, 0.29) is 6.61 Å². The SMILES string of the molecule is COC1(OC)CC=C(C(O)CCO)CC1. The lowest BCUT2D eigenvalue weighted by molar-refractivity contribution is -0.210. The quantitative estimate of drug-likeness (QED) is 0.528. The van der Waals surface area contributed by atoms with Crippen molar-refractivity contribution in [2.45, 2.75) is 37.6 Å². The van der Waals surface area contributed by atoms with E-state index >= 15 is 0 Å². The third kappa shape index (κ3) is 3.01. The molecule has 1 unspecified atom stereocenters. The number of rotatable bonds is 5. The molecule has 15 heavy (non-hydrogen) atoms. The third-order valence-electron chi connectivity index (χ3n) is 3.04. The molecule has 0 amide bonds. The Hall–Kier alpha value is -0.420. The van der Waals surface area contributed by atoms with Gasteiger partial charge >= 0.3 is 0 Å². The Morgan fingerprint density at radius 2 is 2.13 bits per heavy atom. The van der Waals surface area contributed by atoms with Gasteiger partial charge in [0.15, 0.2) is 5.79 Å². The van der Waals surface area contributed by atoms with Crippen LogP contribution in [0.4, 0.5) is 0 Å². The molecular weight excluding hydrogens is 196 g/mol. The van der Waals surface area contributed by atoms with Crippen molar-refractivity contribution in [1.29, 1.82) is 0 Å². The number of methoxy groups -OCH3 is 2. The summed E-state index contributed by atoms with van der Waals surface area (Å²) in [6.07, 6.45) is 3.98. The minimum atomic E-state index is -0.526. The van der Waals surface area contributed by atoms with Crippen LogP contribution < -0.4 is 0 Å². The van der Waals surface area contributed by atoms with E-state index in [4.69, 9.17) is 14.6 Å². The zero-order valence-corrected chi connectivity index (χ0v) is 9.40. The monoisotopic (exact) mass is 216 g/mol. The zero-order valence-electron chi connectivity index (χ0n) is 9.40. The van der Waals surface area contributed by atoms with E-state index in [1.807, 2.05) is 6.08 Å². The molecule has 1 rings (SSSR count). The summed E-state index contributed by atoms with van der Waals surface area (Å²) in [4.78, 5) is 0. The molecule has 4 heteroatoms. The molecule has 0 saturated carbocycles. The molecule has 0 spiro atoms. The van der Waals surface area contributed by atoms with E-state index in [0.29, 0.717) is 12.8 Å². The van der Waals surface area contributed by atoms with Gasteiger partial charge in [0.25, 0.3) is 0 Å². The van der Waals surface area contributed by atoms with E-state index in [1.165, 1.54) is 0 Å². The van der Waals surface area contributed by atoms with Crippen LogP contribution in [0.25, 0.3) is 0 Å². The summed E-state index contributed by atoms with van der Waals surface area (Å²) in [6.45, 7) is 0.0121. The Labute approximate surface area is 90.5 Å². The zero-order chi connectivity index (χ0) is 11.3. The third-order valence-corrected chi connectivity index (χ3v) is 3.04. The van der Waals surface area contributed by atoms with Gasteiger partial charge in [-0.05, 0) is 12.0 Å². The second-order valence-corrected chi connectivity index (χ2v) is 3.83. The summed E-state index contributed by atoms with van der Waals surface area (Å²) in [5.74, 6) is -0.525. The minimum Gasteiger partial charge on any atom is -0.396 e. The second kappa shape index (κ2) is 5.61. The molecule has 0 saturated heterocycles. The predicted octanol–water partition coefficient (Wildman–Crippen LogP) is 0.829. The van der Waals surface area contributed by atoms with Crippen LogP contribution >= 0.6 is 0 Å². The molecule has 0 aliphatic heterocycles. The number of hydrogen-bond donors (Lipinski definition) is 2. The van der Waals surface area contributed by atoms with Crippen LogP contribution in [0.5, 0.6) is 0 Å². The molecule has 0 bridgehead atoms. The molecule has 0 aromatic carbocycles. The highest BCUT2D eigenvalue weighted by Gasteiger charge is 2.32. The van der Waals surface area contributed by atoms with Crippen molar-refractivity contribution in [3.63, 3.8) is 0 Å². The van der Waals surface area contributed by atoms with Gasteiger partial charge in [0.1, 0.15) is 0 Å². The lowest BCUT2D eigenvalue weighted by atomic mass is 9.90. The maximum Gasteiger partial charge on any atom is 0.171 e. The van der Waals surface area contributed by atoms with Gasteiger partial charge in [0, 0.05) is 40.1 Å². The first-order valence-corrected chi connectivity index (χ1v) is 5.25. The number of aliphatic hydroxyl groups excluding tert-OH is 2. The normalized spacial score (nSPS) is 22.3. The molecule has 1 atom stereocenters. The molecule has 0 radical (unpaired) electrons. The Morgan fingerprint density at radius 3 is 2.53 bits per heavy atom. The fraction of sp³-hybridized carbons (Fsp3) is 0.818. The molecule has 0 fully saturated rings. The molecule has 0 aromatic heterocycles. The Morgan fingerprint density at radius 1 is 1.47 bits per heavy atom. The van der Waals surface area contributed by atoms with Gasteiger partial charge in [-0.2, -0.15) is 0 Å². The molecule has 88 valence electrons. The topological polar surface area (TPSA) is 58.9 Å². The van der Waals surface area contributed by atoms with Crippen LogP contribution in [0.15, 0.2) is 11.6 Å². The molecular formula is C11H20O4. The summed E-state index contributed by atoms with van der Waals surface area (Å²) < 4.78 is 10.6. The van der Waals surface area contributed by atoms with E-state index in [1.54, 1.807) is 14.2 Å². The predicted molar refractivity (Wildman–Crippen MR) is 56.4 cm³/mol. The molecule has 0 heterocycles. The summed E-state index contributed by atoms with van der Waals surface area (Å²) in [5.41, 5.74) is 0.980. The maximum atomic E-state index is 9.68.